The van der Waals surface area contributed by atoms with E-state index in [0.29, 0.717) is 22.5 Å². The van der Waals surface area contributed by atoms with Crippen LogP contribution in [-0.2, 0) is 9.53 Å². The van der Waals surface area contributed by atoms with Gasteiger partial charge < -0.3 is 10.1 Å². The molecule has 6 nitrogen and oxygen atoms in total. The molecule has 1 N–H and O–H groups in total. The van der Waals surface area contributed by atoms with Gasteiger partial charge in [0.2, 0.25) is 5.91 Å². The van der Waals surface area contributed by atoms with Gasteiger partial charge in [-0.1, -0.05) is 53.7 Å². The first-order valence-electron chi connectivity index (χ1n) is 9.91. The normalized spacial score (nSPS) is 16.0. The van der Waals surface area contributed by atoms with Gasteiger partial charge in [-0.15, -0.1) is 10.2 Å². The fourth-order valence-corrected chi connectivity index (χ4v) is 4.42. The van der Waals surface area contributed by atoms with Gasteiger partial charge in [-0.25, -0.2) is 0 Å². The molecule has 0 saturated carbocycles. The van der Waals surface area contributed by atoms with E-state index in [-0.39, 0.29) is 17.8 Å². The Balaban J connectivity index is 1.58. The highest BCUT2D eigenvalue weighted by atomic mass is 35.5. The zero-order valence-electron chi connectivity index (χ0n) is 16.7. The number of amides is 1. The van der Waals surface area contributed by atoms with Crippen molar-refractivity contribution in [1.29, 1.82) is 0 Å². The molecule has 2 heterocycles. The Morgan fingerprint density at radius 3 is 2.80 bits per heavy atom. The van der Waals surface area contributed by atoms with Crippen molar-refractivity contribution in [2.45, 2.75) is 31.0 Å². The Bertz CT molecular complexity index is 1030. The van der Waals surface area contributed by atoms with Crippen LogP contribution in [0.3, 0.4) is 0 Å². The first-order valence-corrected chi connectivity index (χ1v) is 11.3. The van der Waals surface area contributed by atoms with Crippen LogP contribution >= 0.6 is 23.4 Å². The number of carbonyl (C=O) groups excluding carboxylic acids is 1. The first-order chi connectivity index (χ1) is 14.6. The molecule has 1 aliphatic rings. The van der Waals surface area contributed by atoms with E-state index in [4.69, 9.17) is 16.3 Å². The third-order valence-corrected chi connectivity index (χ3v) is 6.25. The van der Waals surface area contributed by atoms with Crippen LogP contribution in [0.25, 0.3) is 17.1 Å². The second kappa shape index (κ2) is 9.64. The summed E-state index contributed by atoms with van der Waals surface area (Å²) in [5, 5.41) is 13.0. The van der Waals surface area contributed by atoms with E-state index < -0.39 is 0 Å². The molecule has 2 aromatic carbocycles. The van der Waals surface area contributed by atoms with E-state index in [2.05, 4.69) is 15.5 Å². The molecule has 4 rings (SSSR count). The molecule has 8 heteroatoms. The number of halogens is 1. The summed E-state index contributed by atoms with van der Waals surface area (Å²) in [5.74, 6) is 0.852. The van der Waals surface area contributed by atoms with Crippen LogP contribution in [0.4, 0.5) is 0 Å². The number of aryl methyl sites for hydroxylation is 1. The highest BCUT2D eigenvalue weighted by Gasteiger charge is 2.20. The average Bonchev–Trinajstić information content (AvgIpc) is 3.41. The van der Waals surface area contributed by atoms with Gasteiger partial charge in [0.1, 0.15) is 0 Å². The summed E-state index contributed by atoms with van der Waals surface area (Å²) in [6, 6.07) is 15.6. The molecule has 1 fully saturated rings. The Morgan fingerprint density at radius 2 is 2.03 bits per heavy atom. The van der Waals surface area contributed by atoms with Gasteiger partial charge in [0.05, 0.1) is 22.6 Å². The van der Waals surface area contributed by atoms with Crippen LogP contribution in [0.1, 0.15) is 18.4 Å². The Labute approximate surface area is 185 Å². The van der Waals surface area contributed by atoms with Crippen LogP contribution in [0, 0.1) is 6.92 Å². The second-order valence-electron chi connectivity index (χ2n) is 7.14. The van der Waals surface area contributed by atoms with E-state index >= 15 is 0 Å². The van der Waals surface area contributed by atoms with E-state index in [1.54, 1.807) is 0 Å². The molecule has 0 radical (unpaired) electrons. The van der Waals surface area contributed by atoms with Crippen LogP contribution in [0.15, 0.2) is 53.7 Å². The van der Waals surface area contributed by atoms with Gasteiger partial charge in [0.25, 0.3) is 0 Å². The summed E-state index contributed by atoms with van der Waals surface area (Å²) in [6.45, 7) is 3.36. The number of nitrogens with one attached hydrogen (secondary N) is 1. The molecule has 1 aromatic heterocycles. The van der Waals surface area contributed by atoms with Crippen molar-refractivity contribution in [3.8, 4) is 17.1 Å². The predicted octanol–water partition coefficient (Wildman–Crippen LogP) is 4.28. The summed E-state index contributed by atoms with van der Waals surface area (Å²) in [4.78, 5) is 12.4. The van der Waals surface area contributed by atoms with Crippen molar-refractivity contribution in [2.24, 2.45) is 0 Å². The molecule has 0 aliphatic carbocycles. The van der Waals surface area contributed by atoms with Crippen LogP contribution in [0.2, 0.25) is 5.02 Å². The minimum atomic E-state index is -0.0471. The lowest BCUT2D eigenvalue weighted by molar-refractivity contribution is -0.119. The summed E-state index contributed by atoms with van der Waals surface area (Å²) in [6.07, 6.45) is 2.18. The number of ether oxygens (including phenoxy) is 1. The minimum Gasteiger partial charge on any atom is -0.376 e. The molecule has 1 amide bonds. The predicted molar refractivity (Wildman–Crippen MR) is 119 cm³/mol. The van der Waals surface area contributed by atoms with E-state index in [1.165, 1.54) is 11.8 Å². The molecule has 0 bridgehead atoms. The number of rotatable bonds is 7. The second-order valence-corrected chi connectivity index (χ2v) is 8.49. The van der Waals surface area contributed by atoms with Crippen molar-refractivity contribution in [3.63, 3.8) is 0 Å². The van der Waals surface area contributed by atoms with Crippen molar-refractivity contribution in [1.82, 2.24) is 20.1 Å². The van der Waals surface area contributed by atoms with Gasteiger partial charge in [-0.05, 0) is 43.5 Å². The fraction of sp³-hybridized carbons (Fsp3) is 0.318. The Morgan fingerprint density at radius 1 is 1.23 bits per heavy atom. The fourth-order valence-electron chi connectivity index (χ4n) is 3.43. The number of carbonyl (C=O) groups is 1. The van der Waals surface area contributed by atoms with Gasteiger partial charge >= 0.3 is 0 Å². The summed E-state index contributed by atoms with van der Waals surface area (Å²) < 4.78 is 7.53. The largest absolute Gasteiger partial charge is 0.376 e. The number of hydrogen-bond donors (Lipinski definition) is 1. The van der Waals surface area contributed by atoms with Crippen LogP contribution < -0.4 is 5.32 Å². The molecule has 0 spiro atoms. The molecular weight excluding hydrogens is 420 g/mol. The monoisotopic (exact) mass is 442 g/mol. The molecule has 0 unspecified atom stereocenters. The first kappa shape index (κ1) is 20.9. The van der Waals surface area contributed by atoms with Gasteiger partial charge in [0, 0.05) is 18.7 Å². The number of thioether (sulfide) groups is 1. The SMILES string of the molecule is Cc1ccccc1-n1c(SCC(=O)NC[C@@H]2CCCO2)nnc1-c1ccccc1Cl. The average molecular weight is 443 g/mol. The zero-order valence-corrected chi connectivity index (χ0v) is 18.2. The minimum absolute atomic E-state index is 0.0471. The topological polar surface area (TPSA) is 69.0 Å². The molecule has 156 valence electrons. The lowest BCUT2D eigenvalue weighted by atomic mass is 10.1. The van der Waals surface area contributed by atoms with Gasteiger partial charge in [0.15, 0.2) is 11.0 Å². The van der Waals surface area contributed by atoms with E-state index in [0.717, 1.165) is 36.3 Å². The summed E-state index contributed by atoms with van der Waals surface area (Å²) in [7, 11) is 0. The standard InChI is InChI=1S/C22H23ClN4O2S/c1-15-7-2-5-11-19(15)27-21(17-9-3-4-10-18(17)23)25-26-22(27)30-14-20(28)24-13-16-8-6-12-29-16/h2-5,7,9-11,16H,6,8,12-14H2,1H3,(H,24,28)/t16-/m0/s1. The van der Waals surface area contributed by atoms with Gasteiger partial charge in [-0.2, -0.15) is 0 Å². The molecule has 1 saturated heterocycles. The number of aromatic nitrogens is 3. The number of benzene rings is 2. The van der Waals surface area contributed by atoms with E-state index in [1.807, 2.05) is 60.0 Å². The number of nitrogens with zero attached hydrogens (tertiary/aromatic N) is 3. The molecule has 1 aliphatic heterocycles. The Hall–Kier alpha value is -2.35. The highest BCUT2D eigenvalue weighted by Crippen LogP contribution is 2.32. The maximum atomic E-state index is 12.4. The molecule has 3 aromatic rings. The molecular formula is C22H23ClN4O2S. The Kier molecular flexibility index (Phi) is 6.72. The van der Waals surface area contributed by atoms with E-state index in [9.17, 15) is 4.79 Å². The number of para-hydroxylation sites is 1. The molecule has 1 atom stereocenters. The maximum Gasteiger partial charge on any atom is 0.230 e. The number of hydrogen-bond acceptors (Lipinski definition) is 5. The van der Waals surface area contributed by atoms with Crippen molar-refractivity contribution in [3.05, 3.63) is 59.1 Å². The highest BCUT2D eigenvalue weighted by molar-refractivity contribution is 7.99. The van der Waals surface area contributed by atoms with Crippen LogP contribution in [0.5, 0.6) is 0 Å². The summed E-state index contributed by atoms with van der Waals surface area (Å²) in [5.41, 5.74) is 2.83. The zero-order chi connectivity index (χ0) is 20.9. The lowest BCUT2D eigenvalue weighted by Crippen LogP contribution is -2.32. The molecule has 30 heavy (non-hydrogen) atoms. The third kappa shape index (κ3) is 4.69. The van der Waals surface area contributed by atoms with Crippen LogP contribution in [-0.4, -0.2) is 45.7 Å². The van der Waals surface area contributed by atoms with Crippen molar-refractivity contribution in [2.75, 3.05) is 18.9 Å². The van der Waals surface area contributed by atoms with Gasteiger partial charge in [-0.3, -0.25) is 9.36 Å². The maximum absolute atomic E-state index is 12.4. The summed E-state index contributed by atoms with van der Waals surface area (Å²) >= 11 is 7.79. The lowest BCUT2D eigenvalue weighted by Gasteiger charge is -2.14. The quantitative estimate of drug-likeness (QED) is 0.553. The third-order valence-electron chi connectivity index (χ3n) is 4.99. The van der Waals surface area contributed by atoms with Crippen molar-refractivity contribution >= 4 is 29.3 Å². The van der Waals surface area contributed by atoms with Crippen molar-refractivity contribution < 1.29 is 9.53 Å². The smallest absolute Gasteiger partial charge is 0.230 e.